The van der Waals surface area contributed by atoms with Crippen molar-refractivity contribution in [3.8, 4) is 11.4 Å². The molecule has 0 radical (unpaired) electrons. The molecule has 0 aliphatic carbocycles. The van der Waals surface area contributed by atoms with Crippen LogP contribution in [0.5, 0.6) is 0 Å². The standard InChI is InChI=1S/C21H25N5.2ClH/c1-25-12-8-21(9-13-25,18-5-3-2-4-6-18)16-26-14-11-24-20(26)17-7-10-23-19(22)15-17;;/h2-7,10-11,14-15H,8-9,12-13,16H2,1H3,(H2,22,23);2*1H. The number of benzene rings is 1. The zero-order chi connectivity index (χ0) is 18.0. The molecule has 0 atom stereocenters. The van der Waals surface area contributed by atoms with Gasteiger partial charge in [0.15, 0.2) is 0 Å². The Morgan fingerprint density at radius 2 is 1.71 bits per heavy atom. The van der Waals surface area contributed by atoms with Crippen molar-refractivity contribution in [2.45, 2.75) is 24.8 Å². The number of piperidine rings is 1. The van der Waals surface area contributed by atoms with E-state index >= 15 is 0 Å². The molecule has 3 heterocycles. The van der Waals surface area contributed by atoms with E-state index in [2.05, 4.69) is 63.0 Å². The second-order valence-electron chi connectivity index (χ2n) is 7.30. The second kappa shape index (κ2) is 9.41. The number of nitrogens with zero attached hydrogens (tertiary/aromatic N) is 4. The minimum Gasteiger partial charge on any atom is -0.384 e. The largest absolute Gasteiger partial charge is 0.384 e. The summed E-state index contributed by atoms with van der Waals surface area (Å²) >= 11 is 0. The molecule has 150 valence electrons. The molecule has 0 spiro atoms. The Morgan fingerprint density at radius 3 is 2.39 bits per heavy atom. The van der Waals surface area contributed by atoms with Gasteiger partial charge in [0.25, 0.3) is 0 Å². The lowest BCUT2D eigenvalue weighted by Gasteiger charge is -2.41. The summed E-state index contributed by atoms with van der Waals surface area (Å²) in [5, 5.41) is 0. The first-order chi connectivity index (χ1) is 12.7. The monoisotopic (exact) mass is 419 g/mol. The number of imidazole rings is 1. The fourth-order valence-corrected chi connectivity index (χ4v) is 3.99. The average Bonchev–Trinajstić information content (AvgIpc) is 3.12. The summed E-state index contributed by atoms with van der Waals surface area (Å²) in [6.45, 7) is 3.14. The van der Waals surface area contributed by atoms with Gasteiger partial charge < -0.3 is 15.2 Å². The molecule has 28 heavy (non-hydrogen) atoms. The number of aromatic nitrogens is 3. The van der Waals surface area contributed by atoms with Gasteiger partial charge in [-0.25, -0.2) is 9.97 Å². The molecular formula is C21H27Cl2N5. The first kappa shape index (κ1) is 22.2. The molecule has 0 amide bonds. The number of nitrogens with two attached hydrogens (primary N) is 1. The summed E-state index contributed by atoms with van der Waals surface area (Å²) < 4.78 is 2.27. The van der Waals surface area contributed by atoms with Crippen LogP contribution in [0.2, 0.25) is 0 Å². The Balaban J connectivity index is 0.00000140. The highest BCUT2D eigenvalue weighted by Crippen LogP contribution is 2.38. The molecule has 1 aromatic carbocycles. The first-order valence-electron chi connectivity index (χ1n) is 9.13. The number of hydrogen-bond acceptors (Lipinski definition) is 4. The highest BCUT2D eigenvalue weighted by atomic mass is 35.5. The molecule has 0 saturated carbocycles. The summed E-state index contributed by atoms with van der Waals surface area (Å²) in [7, 11) is 2.21. The van der Waals surface area contributed by atoms with Gasteiger partial charge in [0.1, 0.15) is 11.6 Å². The summed E-state index contributed by atoms with van der Waals surface area (Å²) in [5.41, 5.74) is 8.44. The topological polar surface area (TPSA) is 60.0 Å². The van der Waals surface area contributed by atoms with Crippen molar-refractivity contribution in [2.75, 3.05) is 25.9 Å². The van der Waals surface area contributed by atoms with Crippen molar-refractivity contribution in [2.24, 2.45) is 0 Å². The third kappa shape index (κ3) is 4.49. The molecule has 1 aliphatic rings. The van der Waals surface area contributed by atoms with Crippen molar-refractivity contribution >= 4 is 30.6 Å². The van der Waals surface area contributed by atoms with Gasteiger partial charge in [-0.15, -0.1) is 24.8 Å². The number of likely N-dealkylation sites (tertiary alicyclic amines) is 1. The SMILES string of the molecule is CN1CCC(Cn2ccnc2-c2ccnc(N)c2)(c2ccccc2)CC1.Cl.Cl. The lowest BCUT2D eigenvalue weighted by molar-refractivity contribution is 0.170. The van der Waals surface area contributed by atoms with Crippen LogP contribution in [0.3, 0.4) is 0 Å². The van der Waals surface area contributed by atoms with Crippen LogP contribution in [-0.2, 0) is 12.0 Å². The lowest BCUT2D eigenvalue weighted by Crippen LogP contribution is -2.43. The lowest BCUT2D eigenvalue weighted by atomic mass is 9.72. The highest BCUT2D eigenvalue weighted by molar-refractivity contribution is 5.85. The molecular weight excluding hydrogens is 393 g/mol. The number of anilines is 1. The van der Waals surface area contributed by atoms with E-state index in [0.717, 1.165) is 43.9 Å². The smallest absolute Gasteiger partial charge is 0.140 e. The minimum atomic E-state index is 0. The molecule has 2 aromatic heterocycles. The third-order valence-corrected chi connectivity index (χ3v) is 5.56. The predicted octanol–water partition coefficient (Wildman–Crippen LogP) is 4.03. The van der Waals surface area contributed by atoms with Gasteiger partial charge in [-0.2, -0.15) is 0 Å². The van der Waals surface area contributed by atoms with Crippen LogP contribution >= 0.6 is 24.8 Å². The van der Waals surface area contributed by atoms with Crippen LogP contribution in [-0.4, -0.2) is 39.6 Å². The fourth-order valence-electron chi connectivity index (χ4n) is 3.99. The predicted molar refractivity (Wildman–Crippen MR) is 119 cm³/mol. The minimum absolute atomic E-state index is 0. The molecule has 1 fully saturated rings. The summed E-state index contributed by atoms with van der Waals surface area (Å²) in [5.74, 6) is 1.47. The van der Waals surface area contributed by atoms with E-state index in [4.69, 9.17) is 5.73 Å². The maximum absolute atomic E-state index is 5.88. The first-order valence-corrected chi connectivity index (χ1v) is 9.13. The van der Waals surface area contributed by atoms with E-state index in [1.165, 1.54) is 5.56 Å². The zero-order valence-electron chi connectivity index (χ0n) is 16.0. The quantitative estimate of drug-likeness (QED) is 0.692. The second-order valence-corrected chi connectivity index (χ2v) is 7.30. The van der Waals surface area contributed by atoms with Crippen molar-refractivity contribution in [3.05, 3.63) is 66.6 Å². The molecule has 7 heteroatoms. The Labute approximate surface area is 178 Å². The molecule has 1 aliphatic heterocycles. The van der Waals surface area contributed by atoms with Gasteiger partial charge in [0, 0.05) is 36.1 Å². The van der Waals surface area contributed by atoms with Crippen LogP contribution < -0.4 is 5.73 Å². The van der Waals surface area contributed by atoms with Crippen molar-refractivity contribution < 1.29 is 0 Å². The van der Waals surface area contributed by atoms with Gasteiger partial charge >= 0.3 is 0 Å². The van der Waals surface area contributed by atoms with E-state index in [-0.39, 0.29) is 30.2 Å². The van der Waals surface area contributed by atoms with Crippen molar-refractivity contribution in [1.29, 1.82) is 0 Å². The van der Waals surface area contributed by atoms with Crippen LogP contribution in [0.25, 0.3) is 11.4 Å². The molecule has 4 rings (SSSR count). The Hall–Kier alpha value is -2.08. The molecule has 0 bridgehead atoms. The maximum Gasteiger partial charge on any atom is 0.140 e. The average molecular weight is 420 g/mol. The van der Waals surface area contributed by atoms with Crippen LogP contribution in [0.4, 0.5) is 5.82 Å². The van der Waals surface area contributed by atoms with Gasteiger partial charge in [-0.05, 0) is 50.7 Å². The van der Waals surface area contributed by atoms with E-state index in [0.29, 0.717) is 5.82 Å². The fraction of sp³-hybridized carbons (Fsp3) is 0.333. The van der Waals surface area contributed by atoms with Gasteiger partial charge in [-0.1, -0.05) is 30.3 Å². The van der Waals surface area contributed by atoms with Gasteiger partial charge in [0.2, 0.25) is 0 Å². The molecule has 5 nitrogen and oxygen atoms in total. The molecule has 2 N–H and O–H groups in total. The molecule has 0 unspecified atom stereocenters. The Morgan fingerprint density at radius 1 is 1.00 bits per heavy atom. The number of halogens is 2. The number of hydrogen-bond donors (Lipinski definition) is 1. The summed E-state index contributed by atoms with van der Waals surface area (Å²) in [4.78, 5) is 11.1. The van der Waals surface area contributed by atoms with E-state index in [1.807, 2.05) is 18.3 Å². The van der Waals surface area contributed by atoms with E-state index < -0.39 is 0 Å². The van der Waals surface area contributed by atoms with Gasteiger partial charge in [0.05, 0.1) is 0 Å². The van der Waals surface area contributed by atoms with Gasteiger partial charge in [-0.3, -0.25) is 0 Å². The normalized spacial score (nSPS) is 16.0. The zero-order valence-corrected chi connectivity index (χ0v) is 17.6. The molecule has 3 aromatic rings. The number of pyridine rings is 1. The van der Waals surface area contributed by atoms with Crippen molar-refractivity contribution in [3.63, 3.8) is 0 Å². The highest BCUT2D eigenvalue weighted by Gasteiger charge is 2.36. The Kier molecular flexibility index (Phi) is 7.47. The maximum atomic E-state index is 5.88. The Bertz CT molecular complexity index is 873. The van der Waals surface area contributed by atoms with E-state index in [9.17, 15) is 0 Å². The van der Waals surface area contributed by atoms with Crippen LogP contribution in [0.1, 0.15) is 18.4 Å². The molecule has 1 saturated heterocycles. The summed E-state index contributed by atoms with van der Waals surface area (Å²) in [6.07, 6.45) is 7.98. The number of nitrogen functional groups attached to an aromatic ring is 1. The third-order valence-electron chi connectivity index (χ3n) is 5.56. The number of rotatable bonds is 4. The van der Waals surface area contributed by atoms with Crippen LogP contribution in [0.15, 0.2) is 61.1 Å². The van der Waals surface area contributed by atoms with Crippen molar-refractivity contribution in [1.82, 2.24) is 19.4 Å². The van der Waals surface area contributed by atoms with E-state index in [1.54, 1.807) is 6.20 Å². The summed E-state index contributed by atoms with van der Waals surface area (Å²) in [6, 6.07) is 14.8. The van der Waals surface area contributed by atoms with Crippen LogP contribution in [0, 0.1) is 0 Å².